The van der Waals surface area contributed by atoms with E-state index in [1.54, 1.807) is 12.1 Å². The van der Waals surface area contributed by atoms with Gasteiger partial charge in [0.25, 0.3) is 10.1 Å². The Balaban J connectivity index is 2.78. The van der Waals surface area contributed by atoms with E-state index in [2.05, 4.69) is 19.9 Å². The summed E-state index contributed by atoms with van der Waals surface area (Å²) >= 11 is 0. The summed E-state index contributed by atoms with van der Waals surface area (Å²) in [6.45, 7) is 4.19. The summed E-state index contributed by atoms with van der Waals surface area (Å²) in [6, 6.07) is 9.11. The molecule has 20 heavy (non-hydrogen) atoms. The van der Waals surface area contributed by atoms with Gasteiger partial charge in [0.05, 0.1) is 4.90 Å². The molecule has 2 rings (SSSR count). The molecule has 0 radical (unpaired) electrons. The summed E-state index contributed by atoms with van der Waals surface area (Å²) in [5.74, 6) is 0. The minimum Gasteiger partial charge on any atom is -0.282 e. The first-order valence-electron chi connectivity index (χ1n) is 6.99. The largest absolute Gasteiger partial charge is 0.294 e. The van der Waals surface area contributed by atoms with Gasteiger partial charge in [-0.15, -0.1) is 0 Å². The Morgan fingerprint density at radius 2 is 1.65 bits per heavy atom. The molecule has 0 aliphatic carbocycles. The van der Waals surface area contributed by atoms with Gasteiger partial charge in [-0.3, -0.25) is 4.55 Å². The van der Waals surface area contributed by atoms with Crippen LogP contribution in [0.25, 0.3) is 10.8 Å². The second kappa shape index (κ2) is 5.94. The lowest BCUT2D eigenvalue weighted by Crippen LogP contribution is -2.01. The summed E-state index contributed by atoms with van der Waals surface area (Å²) in [5.41, 5.74) is 2.25. The molecule has 0 saturated heterocycles. The topological polar surface area (TPSA) is 54.4 Å². The van der Waals surface area contributed by atoms with Crippen LogP contribution in [0, 0.1) is 0 Å². The summed E-state index contributed by atoms with van der Waals surface area (Å²) in [5, 5.41) is 2.03. The van der Waals surface area contributed by atoms with Gasteiger partial charge in [-0.25, -0.2) is 0 Å². The van der Waals surface area contributed by atoms with E-state index in [0.717, 1.165) is 42.0 Å². The average molecular weight is 292 g/mol. The Labute approximate surface area is 120 Å². The van der Waals surface area contributed by atoms with E-state index in [1.165, 1.54) is 5.56 Å². The number of hydrogen-bond donors (Lipinski definition) is 1. The first kappa shape index (κ1) is 15.0. The van der Waals surface area contributed by atoms with E-state index in [-0.39, 0.29) is 4.90 Å². The molecule has 108 valence electrons. The van der Waals surface area contributed by atoms with Gasteiger partial charge >= 0.3 is 0 Å². The van der Waals surface area contributed by atoms with Gasteiger partial charge in [0.15, 0.2) is 0 Å². The van der Waals surface area contributed by atoms with Crippen LogP contribution in [-0.4, -0.2) is 13.0 Å². The van der Waals surface area contributed by atoms with Gasteiger partial charge in [-0.2, -0.15) is 8.42 Å². The molecular weight excluding hydrogens is 272 g/mol. The van der Waals surface area contributed by atoms with Crippen LogP contribution >= 0.6 is 0 Å². The standard InChI is InChI=1S/C16H20O3S/c1-3-6-12-8-5-9-14-11-15(20(17,18)19)10-13(7-4-2)16(12)14/h5,8-11H,3-4,6-7H2,1-2H3,(H,17,18,19). The number of aryl methyl sites for hydroxylation is 2. The molecule has 0 amide bonds. The molecule has 2 aromatic rings. The van der Waals surface area contributed by atoms with Crippen LogP contribution in [0.5, 0.6) is 0 Å². The molecule has 0 aliphatic heterocycles. The van der Waals surface area contributed by atoms with Crippen molar-refractivity contribution < 1.29 is 13.0 Å². The number of fused-ring (bicyclic) bond motifs is 1. The van der Waals surface area contributed by atoms with Crippen LogP contribution < -0.4 is 0 Å². The van der Waals surface area contributed by atoms with Gasteiger partial charge in [0, 0.05) is 0 Å². The quantitative estimate of drug-likeness (QED) is 0.848. The summed E-state index contributed by atoms with van der Waals surface area (Å²) in [4.78, 5) is -0.0119. The lowest BCUT2D eigenvalue weighted by atomic mass is 9.94. The molecule has 0 bridgehead atoms. The van der Waals surface area contributed by atoms with E-state index in [0.29, 0.717) is 0 Å². The molecule has 0 aliphatic rings. The van der Waals surface area contributed by atoms with Gasteiger partial charge < -0.3 is 0 Å². The number of rotatable bonds is 5. The highest BCUT2D eigenvalue weighted by atomic mass is 32.2. The Hall–Kier alpha value is -1.39. The molecule has 0 heterocycles. The van der Waals surface area contributed by atoms with Crippen LogP contribution in [0.2, 0.25) is 0 Å². The maximum absolute atomic E-state index is 11.4. The highest BCUT2D eigenvalue weighted by Gasteiger charge is 2.14. The first-order valence-corrected chi connectivity index (χ1v) is 8.43. The van der Waals surface area contributed by atoms with E-state index < -0.39 is 10.1 Å². The van der Waals surface area contributed by atoms with Crippen molar-refractivity contribution in [3.8, 4) is 0 Å². The fraction of sp³-hybridized carbons (Fsp3) is 0.375. The minimum atomic E-state index is -4.16. The van der Waals surface area contributed by atoms with E-state index in [1.807, 2.05) is 12.1 Å². The van der Waals surface area contributed by atoms with Crippen LogP contribution in [0.4, 0.5) is 0 Å². The van der Waals surface area contributed by atoms with Crippen molar-refractivity contribution in [2.75, 3.05) is 0 Å². The van der Waals surface area contributed by atoms with Crippen LogP contribution in [0.1, 0.15) is 37.8 Å². The Kier molecular flexibility index (Phi) is 4.45. The van der Waals surface area contributed by atoms with Crippen molar-refractivity contribution in [1.82, 2.24) is 0 Å². The summed E-state index contributed by atoms with van der Waals surface area (Å²) in [6.07, 6.45) is 3.76. The van der Waals surface area contributed by atoms with E-state index in [9.17, 15) is 13.0 Å². The Morgan fingerprint density at radius 3 is 2.25 bits per heavy atom. The molecule has 0 fully saturated rings. The molecule has 0 atom stereocenters. The number of hydrogen-bond acceptors (Lipinski definition) is 2. The van der Waals surface area contributed by atoms with Gasteiger partial charge in [-0.05, 0) is 46.9 Å². The fourth-order valence-electron chi connectivity index (χ4n) is 2.66. The maximum Gasteiger partial charge on any atom is 0.294 e. The Morgan fingerprint density at radius 1 is 1.00 bits per heavy atom. The van der Waals surface area contributed by atoms with Crippen LogP contribution in [0.3, 0.4) is 0 Å². The lowest BCUT2D eigenvalue weighted by molar-refractivity contribution is 0.483. The molecule has 0 saturated carbocycles. The third kappa shape index (κ3) is 3.02. The molecule has 1 N–H and O–H groups in total. The minimum absolute atomic E-state index is 0.0119. The zero-order valence-electron chi connectivity index (χ0n) is 11.9. The predicted octanol–water partition coefficient (Wildman–Crippen LogP) is 3.99. The summed E-state index contributed by atoms with van der Waals surface area (Å²) < 4.78 is 32.1. The highest BCUT2D eigenvalue weighted by molar-refractivity contribution is 7.85. The van der Waals surface area contributed by atoms with Crippen molar-refractivity contribution in [1.29, 1.82) is 0 Å². The third-order valence-electron chi connectivity index (χ3n) is 3.45. The molecule has 2 aromatic carbocycles. The molecule has 0 aromatic heterocycles. The first-order chi connectivity index (χ1) is 9.47. The zero-order valence-corrected chi connectivity index (χ0v) is 12.7. The maximum atomic E-state index is 11.4. The van der Waals surface area contributed by atoms with Crippen molar-refractivity contribution in [2.45, 2.75) is 44.4 Å². The summed E-state index contributed by atoms with van der Waals surface area (Å²) in [7, 11) is -4.16. The third-order valence-corrected chi connectivity index (χ3v) is 4.29. The van der Waals surface area contributed by atoms with Crippen molar-refractivity contribution in [3.63, 3.8) is 0 Å². The molecular formula is C16H20O3S. The van der Waals surface area contributed by atoms with Crippen molar-refractivity contribution in [2.24, 2.45) is 0 Å². The molecule has 4 heteroatoms. The Bertz CT molecular complexity index is 718. The zero-order chi connectivity index (χ0) is 14.8. The second-order valence-corrected chi connectivity index (χ2v) is 6.49. The highest BCUT2D eigenvalue weighted by Crippen LogP contribution is 2.28. The van der Waals surface area contributed by atoms with Crippen molar-refractivity contribution in [3.05, 3.63) is 41.5 Å². The van der Waals surface area contributed by atoms with Gasteiger partial charge in [0.1, 0.15) is 0 Å². The SMILES string of the molecule is CCCc1cccc2cc(S(=O)(=O)O)cc(CCC)c12. The van der Waals surface area contributed by atoms with E-state index in [4.69, 9.17) is 0 Å². The van der Waals surface area contributed by atoms with Gasteiger partial charge in [0.2, 0.25) is 0 Å². The lowest BCUT2D eigenvalue weighted by Gasteiger charge is -2.12. The predicted molar refractivity (Wildman–Crippen MR) is 81.8 cm³/mol. The van der Waals surface area contributed by atoms with E-state index >= 15 is 0 Å². The van der Waals surface area contributed by atoms with Crippen LogP contribution in [0.15, 0.2) is 35.2 Å². The monoisotopic (exact) mass is 292 g/mol. The fourth-order valence-corrected chi connectivity index (χ4v) is 3.23. The molecule has 3 nitrogen and oxygen atoms in total. The average Bonchev–Trinajstić information content (AvgIpc) is 2.38. The van der Waals surface area contributed by atoms with Gasteiger partial charge in [-0.1, -0.05) is 44.9 Å². The van der Waals surface area contributed by atoms with Crippen molar-refractivity contribution >= 4 is 20.9 Å². The smallest absolute Gasteiger partial charge is 0.282 e. The number of benzene rings is 2. The van der Waals surface area contributed by atoms with Crippen LogP contribution in [-0.2, 0) is 23.0 Å². The normalized spacial score (nSPS) is 11.9. The molecule has 0 spiro atoms. The molecule has 0 unspecified atom stereocenters. The second-order valence-electron chi connectivity index (χ2n) is 5.07.